The first kappa shape index (κ1) is 25.1. The van der Waals surface area contributed by atoms with Gasteiger partial charge in [-0.25, -0.2) is 4.39 Å². The van der Waals surface area contributed by atoms with Crippen molar-refractivity contribution in [3.63, 3.8) is 0 Å². The summed E-state index contributed by atoms with van der Waals surface area (Å²) in [7, 11) is -4.19. The number of rotatable bonds is 8. The standard InChI is InChI=1S/C23H29ClFNO4S/c1-6-16(2)26(22(27)14-23(3,4)5)15-17-13-18(24)7-12-21(17)30-31(28,29)20-10-8-19(25)9-11-20/h7-13,16H,6,14-15H2,1-5H3/t16-/m0/s1. The fourth-order valence-corrected chi connectivity index (χ4v) is 4.13. The van der Waals surface area contributed by atoms with Crippen LogP contribution in [0.4, 0.5) is 4.39 Å². The smallest absolute Gasteiger partial charge is 0.339 e. The average Bonchev–Trinajstić information content (AvgIpc) is 2.66. The van der Waals surface area contributed by atoms with E-state index in [0.717, 1.165) is 30.7 Å². The molecule has 2 aromatic carbocycles. The lowest BCUT2D eigenvalue weighted by Gasteiger charge is -2.32. The van der Waals surface area contributed by atoms with Crippen LogP contribution in [0, 0.1) is 11.2 Å². The maximum atomic E-state index is 13.2. The predicted octanol–water partition coefficient (Wildman–Crippen LogP) is 5.81. The fourth-order valence-electron chi connectivity index (χ4n) is 2.97. The molecule has 0 saturated carbocycles. The molecule has 1 atom stereocenters. The quantitative estimate of drug-likeness (QED) is 0.457. The van der Waals surface area contributed by atoms with Crippen molar-refractivity contribution in [2.24, 2.45) is 5.41 Å². The van der Waals surface area contributed by atoms with Crippen LogP contribution in [0.5, 0.6) is 5.75 Å². The van der Waals surface area contributed by atoms with Gasteiger partial charge in [0.2, 0.25) is 5.91 Å². The minimum atomic E-state index is -4.19. The molecule has 0 aliphatic carbocycles. The van der Waals surface area contributed by atoms with Gasteiger partial charge in [-0.05, 0) is 61.2 Å². The Morgan fingerprint density at radius 1 is 1.16 bits per heavy atom. The van der Waals surface area contributed by atoms with Crippen LogP contribution in [-0.4, -0.2) is 25.3 Å². The summed E-state index contributed by atoms with van der Waals surface area (Å²) in [6.07, 6.45) is 1.09. The van der Waals surface area contributed by atoms with E-state index in [1.54, 1.807) is 11.0 Å². The van der Waals surface area contributed by atoms with Gasteiger partial charge in [-0.1, -0.05) is 39.3 Å². The summed E-state index contributed by atoms with van der Waals surface area (Å²) in [6, 6.07) is 8.89. The second kappa shape index (κ2) is 10.0. The zero-order chi connectivity index (χ0) is 23.4. The normalized spacial score (nSPS) is 13.0. The van der Waals surface area contributed by atoms with Crippen LogP contribution in [0.25, 0.3) is 0 Å². The van der Waals surface area contributed by atoms with Gasteiger partial charge in [-0.2, -0.15) is 8.42 Å². The lowest BCUT2D eigenvalue weighted by molar-refractivity contribution is -0.135. The van der Waals surface area contributed by atoms with Crippen molar-refractivity contribution in [2.45, 2.75) is 64.9 Å². The molecule has 5 nitrogen and oxygen atoms in total. The molecular formula is C23H29ClFNO4S. The van der Waals surface area contributed by atoms with Crippen molar-refractivity contribution in [1.29, 1.82) is 0 Å². The SMILES string of the molecule is CC[C@H](C)N(Cc1cc(Cl)ccc1OS(=O)(=O)c1ccc(F)cc1)C(=O)CC(C)(C)C. The second-order valence-electron chi connectivity index (χ2n) is 8.76. The van der Waals surface area contributed by atoms with Crippen molar-refractivity contribution >= 4 is 27.6 Å². The monoisotopic (exact) mass is 469 g/mol. The minimum absolute atomic E-state index is 0.0332. The van der Waals surface area contributed by atoms with E-state index < -0.39 is 15.9 Å². The van der Waals surface area contributed by atoms with E-state index in [0.29, 0.717) is 17.0 Å². The Morgan fingerprint density at radius 2 is 1.77 bits per heavy atom. The Kier molecular flexibility index (Phi) is 8.11. The fraction of sp³-hybridized carbons (Fsp3) is 0.435. The zero-order valence-electron chi connectivity index (χ0n) is 18.5. The first-order valence-corrected chi connectivity index (χ1v) is 11.9. The van der Waals surface area contributed by atoms with Gasteiger partial charge in [0.25, 0.3) is 0 Å². The number of carbonyl (C=O) groups is 1. The molecule has 0 heterocycles. The van der Waals surface area contributed by atoms with E-state index in [1.165, 1.54) is 12.1 Å². The lowest BCUT2D eigenvalue weighted by atomic mass is 9.91. The van der Waals surface area contributed by atoms with Crippen LogP contribution in [0.2, 0.25) is 5.02 Å². The molecule has 0 unspecified atom stereocenters. The number of hydrogen-bond acceptors (Lipinski definition) is 4. The van der Waals surface area contributed by atoms with Gasteiger partial charge in [-0.3, -0.25) is 4.79 Å². The van der Waals surface area contributed by atoms with Crippen molar-refractivity contribution < 1.29 is 21.8 Å². The van der Waals surface area contributed by atoms with Gasteiger partial charge in [0, 0.05) is 29.6 Å². The van der Waals surface area contributed by atoms with Crippen molar-refractivity contribution in [2.75, 3.05) is 0 Å². The molecule has 0 fully saturated rings. The molecule has 170 valence electrons. The number of amides is 1. The van der Waals surface area contributed by atoms with Crippen LogP contribution >= 0.6 is 11.6 Å². The van der Waals surface area contributed by atoms with Crippen LogP contribution in [-0.2, 0) is 21.5 Å². The summed E-state index contributed by atoms with van der Waals surface area (Å²) >= 11 is 6.16. The topological polar surface area (TPSA) is 63.7 Å². The van der Waals surface area contributed by atoms with Gasteiger partial charge < -0.3 is 9.08 Å². The molecule has 0 N–H and O–H groups in total. The van der Waals surface area contributed by atoms with E-state index in [9.17, 15) is 17.6 Å². The molecule has 0 aliphatic rings. The highest BCUT2D eigenvalue weighted by Crippen LogP contribution is 2.30. The Labute approximate surface area is 189 Å². The number of halogens is 2. The third-order valence-electron chi connectivity index (χ3n) is 4.79. The minimum Gasteiger partial charge on any atom is -0.379 e. The molecule has 0 radical (unpaired) electrons. The highest BCUT2D eigenvalue weighted by atomic mass is 35.5. The number of benzene rings is 2. The third-order valence-corrected chi connectivity index (χ3v) is 6.27. The predicted molar refractivity (Wildman–Crippen MR) is 120 cm³/mol. The summed E-state index contributed by atoms with van der Waals surface area (Å²) in [5.41, 5.74) is 0.281. The van der Waals surface area contributed by atoms with E-state index in [4.69, 9.17) is 15.8 Å². The number of nitrogens with zero attached hydrogens (tertiary/aromatic N) is 1. The largest absolute Gasteiger partial charge is 0.379 e. The zero-order valence-corrected chi connectivity index (χ0v) is 20.1. The summed E-state index contributed by atoms with van der Waals surface area (Å²) in [5, 5.41) is 0.397. The van der Waals surface area contributed by atoms with E-state index in [-0.39, 0.29) is 34.6 Å². The van der Waals surface area contributed by atoms with Gasteiger partial charge in [0.1, 0.15) is 16.5 Å². The molecule has 2 rings (SSSR count). The van der Waals surface area contributed by atoms with Gasteiger partial charge in [0.15, 0.2) is 0 Å². The van der Waals surface area contributed by atoms with Crippen molar-refractivity contribution in [3.05, 3.63) is 58.9 Å². The molecular weight excluding hydrogens is 441 g/mol. The molecule has 1 amide bonds. The van der Waals surface area contributed by atoms with Crippen molar-refractivity contribution in [1.82, 2.24) is 4.90 Å². The maximum absolute atomic E-state index is 13.2. The maximum Gasteiger partial charge on any atom is 0.339 e. The molecule has 31 heavy (non-hydrogen) atoms. The van der Waals surface area contributed by atoms with Crippen molar-refractivity contribution in [3.8, 4) is 5.75 Å². The van der Waals surface area contributed by atoms with Gasteiger partial charge >= 0.3 is 10.1 Å². The Balaban J connectivity index is 2.38. The van der Waals surface area contributed by atoms with E-state index in [2.05, 4.69) is 0 Å². The molecule has 0 saturated heterocycles. The number of carbonyl (C=O) groups excluding carboxylic acids is 1. The lowest BCUT2D eigenvalue weighted by Crippen LogP contribution is -2.39. The molecule has 0 bridgehead atoms. The van der Waals surface area contributed by atoms with Crippen LogP contribution < -0.4 is 4.18 Å². The van der Waals surface area contributed by atoms with Gasteiger partial charge in [-0.15, -0.1) is 0 Å². The second-order valence-corrected chi connectivity index (χ2v) is 10.7. The Morgan fingerprint density at radius 3 is 2.32 bits per heavy atom. The molecule has 8 heteroatoms. The summed E-state index contributed by atoms with van der Waals surface area (Å²) in [6.45, 7) is 10.0. The molecule has 0 aliphatic heterocycles. The summed E-state index contributed by atoms with van der Waals surface area (Å²) in [5.74, 6) is -0.507. The molecule has 0 spiro atoms. The molecule has 0 aromatic heterocycles. The summed E-state index contributed by atoms with van der Waals surface area (Å²) < 4.78 is 43.9. The van der Waals surface area contributed by atoms with Crippen LogP contribution in [0.15, 0.2) is 47.4 Å². The summed E-state index contributed by atoms with van der Waals surface area (Å²) in [4.78, 5) is 14.5. The molecule has 2 aromatic rings. The van der Waals surface area contributed by atoms with Crippen LogP contribution in [0.1, 0.15) is 53.0 Å². The first-order chi connectivity index (χ1) is 14.3. The van der Waals surface area contributed by atoms with E-state index in [1.807, 2.05) is 34.6 Å². The third kappa shape index (κ3) is 7.21. The average molecular weight is 470 g/mol. The highest BCUT2D eigenvalue weighted by molar-refractivity contribution is 7.87. The number of hydrogen-bond donors (Lipinski definition) is 0. The van der Waals surface area contributed by atoms with E-state index >= 15 is 0 Å². The Bertz CT molecular complexity index is 1020. The van der Waals surface area contributed by atoms with Crippen LogP contribution in [0.3, 0.4) is 0 Å². The Hall–Kier alpha value is -2.12. The van der Waals surface area contributed by atoms with Gasteiger partial charge in [0.05, 0.1) is 0 Å². The first-order valence-electron chi connectivity index (χ1n) is 10.1. The highest BCUT2D eigenvalue weighted by Gasteiger charge is 2.26.